The molecule has 1 aromatic carbocycles. The van der Waals surface area contributed by atoms with Gasteiger partial charge in [-0.05, 0) is 12.1 Å². The van der Waals surface area contributed by atoms with E-state index in [-0.39, 0.29) is 11.7 Å². The van der Waals surface area contributed by atoms with Gasteiger partial charge in [0.2, 0.25) is 5.91 Å². The van der Waals surface area contributed by atoms with Crippen molar-refractivity contribution in [1.29, 1.82) is 0 Å². The van der Waals surface area contributed by atoms with Crippen molar-refractivity contribution in [1.82, 2.24) is 15.5 Å². The number of carbonyl (C=O) groups is 2. The van der Waals surface area contributed by atoms with Gasteiger partial charge in [0.05, 0.1) is 5.75 Å². The van der Waals surface area contributed by atoms with Crippen molar-refractivity contribution in [3.05, 3.63) is 30.3 Å². The topological polar surface area (TPSA) is 73.5 Å². The normalized spacial score (nSPS) is 14.3. The number of urea groups is 1. The molecule has 1 heterocycles. The lowest BCUT2D eigenvalue weighted by Gasteiger charge is -2.28. The highest BCUT2D eigenvalue weighted by molar-refractivity contribution is 8.23. The van der Waals surface area contributed by atoms with Crippen LogP contribution in [0.25, 0.3) is 0 Å². The number of rotatable bonds is 3. The number of amides is 3. The Hall–Kier alpha value is -1.64. The van der Waals surface area contributed by atoms with Gasteiger partial charge in [0.1, 0.15) is 4.32 Å². The first-order valence-electron chi connectivity index (χ1n) is 6.93. The van der Waals surface area contributed by atoms with Crippen LogP contribution < -0.4 is 16.0 Å². The molecule has 0 atom stereocenters. The second-order valence-corrected chi connectivity index (χ2v) is 6.27. The monoisotopic (exact) mass is 338 g/mol. The summed E-state index contributed by atoms with van der Waals surface area (Å²) in [7, 11) is 0. The van der Waals surface area contributed by atoms with Crippen molar-refractivity contribution < 1.29 is 9.59 Å². The molecule has 0 aliphatic carbocycles. The van der Waals surface area contributed by atoms with E-state index in [0.717, 1.165) is 26.2 Å². The van der Waals surface area contributed by atoms with Crippen molar-refractivity contribution >= 4 is 45.9 Å². The lowest BCUT2D eigenvalue weighted by atomic mass is 10.3. The summed E-state index contributed by atoms with van der Waals surface area (Å²) in [5.74, 6) is -0.235. The summed E-state index contributed by atoms with van der Waals surface area (Å²) in [6.45, 7) is 3.49. The van der Waals surface area contributed by atoms with Crippen molar-refractivity contribution in [3.63, 3.8) is 0 Å². The first kappa shape index (κ1) is 16.7. The van der Waals surface area contributed by atoms with Gasteiger partial charge in [-0.15, -0.1) is 0 Å². The zero-order chi connectivity index (χ0) is 15.8. The third-order valence-electron chi connectivity index (χ3n) is 2.99. The number of imide groups is 1. The summed E-state index contributed by atoms with van der Waals surface area (Å²) >= 11 is 6.57. The molecule has 22 heavy (non-hydrogen) atoms. The number of nitrogens with zero attached hydrogens (tertiary/aromatic N) is 1. The second-order valence-electron chi connectivity index (χ2n) is 4.66. The number of piperazine rings is 1. The molecule has 118 valence electrons. The van der Waals surface area contributed by atoms with E-state index in [9.17, 15) is 9.59 Å². The van der Waals surface area contributed by atoms with E-state index in [4.69, 9.17) is 12.2 Å². The van der Waals surface area contributed by atoms with Crippen LogP contribution in [0.5, 0.6) is 0 Å². The van der Waals surface area contributed by atoms with Crippen LogP contribution in [0, 0.1) is 0 Å². The Morgan fingerprint density at radius 3 is 2.59 bits per heavy atom. The number of hydrogen-bond acceptors (Lipinski definition) is 5. The maximum absolute atomic E-state index is 11.7. The van der Waals surface area contributed by atoms with Gasteiger partial charge >= 0.3 is 6.03 Å². The number of benzene rings is 1. The largest absolute Gasteiger partial charge is 0.355 e. The van der Waals surface area contributed by atoms with Crippen molar-refractivity contribution in [2.24, 2.45) is 0 Å². The standard InChI is InChI=1S/C14H18N4O2S2/c19-12(10-22-14(21)18-8-6-15-7-9-18)17-13(20)16-11-4-2-1-3-5-11/h1-5,15H,6-10H2,(H2,16,17,19,20). The molecule has 0 unspecified atom stereocenters. The van der Waals surface area contributed by atoms with Crippen LogP contribution in [-0.2, 0) is 4.79 Å². The Morgan fingerprint density at radius 2 is 1.91 bits per heavy atom. The number of carbonyl (C=O) groups excluding carboxylic acids is 2. The van der Waals surface area contributed by atoms with Crippen LogP contribution >= 0.6 is 24.0 Å². The van der Waals surface area contributed by atoms with Gasteiger partial charge in [0, 0.05) is 31.9 Å². The Bertz CT molecular complexity index is 533. The Morgan fingerprint density at radius 1 is 1.23 bits per heavy atom. The lowest BCUT2D eigenvalue weighted by molar-refractivity contribution is -0.117. The van der Waals surface area contributed by atoms with E-state index in [2.05, 4.69) is 20.9 Å². The molecule has 2 rings (SSSR count). The summed E-state index contributed by atoms with van der Waals surface area (Å²) in [6, 6.07) is 8.42. The fourth-order valence-corrected chi connectivity index (χ4v) is 2.96. The van der Waals surface area contributed by atoms with E-state index < -0.39 is 6.03 Å². The third-order valence-corrected chi connectivity index (χ3v) is 4.51. The highest BCUT2D eigenvalue weighted by atomic mass is 32.2. The smallest absolute Gasteiger partial charge is 0.325 e. The quantitative estimate of drug-likeness (QED) is 0.721. The number of hydrogen-bond donors (Lipinski definition) is 3. The second kappa shape index (κ2) is 8.72. The number of para-hydroxylation sites is 1. The molecule has 0 aromatic heterocycles. The predicted octanol–water partition coefficient (Wildman–Crippen LogP) is 1.26. The van der Waals surface area contributed by atoms with Gasteiger partial charge in [-0.1, -0.05) is 42.2 Å². The molecule has 1 aliphatic rings. The Kier molecular flexibility index (Phi) is 6.63. The molecule has 0 radical (unpaired) electrons. The average molecular weight is 338 g/mol. The molecule has 1 fully saturated rings. The van der Waals surface area contributed by atoms with Gasteiger partial charge in [-0.25, -0.2) is 4.79 Å². The number of thiocarbonyl (C=S) groups is 1. The van der Waals surface area contributed by atoms with Crippen LogP contribution in [0.3, 0.4) is 0 Å². The maximum Gasteiger partial charge on any atom is 0.325 e. The highest BCUT2D eigenvalue weighted by Gasteiger charge is 2.15. The minimum absolute atomic E-state index is 0.130. The number of anilines is 1. The van der Waals surface area contributed by atoms with E-state index in [0.29, 0.717) is 10.0 Å². The molecule has 0 saturated carbocycles. The molecule has 0 bridgehead atoms. The third kappa shape index (κ3) is 5.63. The highest BCUT2D eigenvalue weighted by Crippen LogP contribution is 2.10. The van der Waals surface area contributed by atoms with Crippen LogP contribution in [0.4, 0.5) is 10.5 Å². The van der Waals surface area contributed by atoms with E-state index in [1.165, 1.54) is 11.8 Å². The van der Waals surface area contributed by atoms with Gasteiger partial charge < -0.3 is 15.5 Å². The SMILES string of the molecule is O=C(CSC(=S)N1CCNCC1)NC(=O)Nc1ccccc1. The minimum atomic E-state index is -0.537. The molecule has 3 amide bonds. The maximum atomic E-state index is 11.7. The molecule has 6 nitrogen and oxygen atoms in total. The number of nitrogens with one attached hydrogen (secondary N) is 3. The van der Waals surface area contributed by atoms with Crippen LogP contribution in [0.2, 0.25) is 0 Å². The van der Waals surface area contributed by atoms with Crippen LogP contribution in [0.1, 0.15) is 0 Å². The van der Waals surface area contributed by atoms with Crippen molar-refractivity contribution in [3.8, 4) is 0 Å². The zero-order valence-corrected chi connectivity index (χ0v) is 13.6. The summed E-state index contributed by atoms with van der Waals surface area (Å²) in [5.41, 5.74) is 0.636. The molecular formula is C14H18N4O2S2. The molecule has 1 saturated heterocycles. The molecule has 3 N–H and O–H groups in total. The lowest BCUT2D eigenvalue weighted by Crippen LogP contribution is -2.45. The van der Waals surface area contributed by atoms with Gasteiger partial charge in [0.25, 0.3) is 0 Å². The van der Waals surface area contributed by atoms with Crippen molar-refractivity contribution in [2.45, 2.75) is 0 Å². The summed E-state index contributed by atoms with van der Waals surface area (Å²) in [6.07, 6.45) is 0. The summed E-state index contributed by atoms with van der Waals surface area (Å²) in [4.78, 5) is 25.5. The molecule has 1 aromatic rings. The first-order valence-corrected chi connectivity index (χ1v) is 8.33. The van der Waals surface area contributed by atoms with E-state index >= 15 is 0 Å². The van der Waals surface area contributed by atoms with Crippen LogP contribution in [-0.4, -0.2) is 53.1 Å². The van der Waals surface area contributed by atoms with Crippen LogP contribution in [0.15, 0.2) is 30.3 Å². The van der Waals surface area contributed by atoms with E-state index in [1.807, 2.05) is 6.07 Å². The zero-order valence-electron chi connectivity index (χ0n) is 12.0. The fraction of sp³-hybridized carbons (Fsp3) is 0.357. The van der Waals surface area contributed by atoms with Gasteiger partial charge in [-0.2, -0.15) is 0 Å². The minimum Gasteiger partial charge on any atom is -0.355 e. The first-order chi connectivity index (χ1) is 10.6. The average Bonchev–Trinajstić information content (AvgIpc) is 2.54. The molecule has 0 spiro atoms. The van der Waals surface area contributed by atoms with E-state index in [1.54, 1.807) is 24.3 Å². The summed E-state index contributed by atoms with van der Waals surface area (Å²) in [5, 5.41) is 8.12. The molecule has 1 aliphatic heterocycles. The molecule has 8 heteroatoms. The Labute approximate surface area is 139 Å². The predicted molar refractivity (Wildman–Crippen MR) is 93.1 cm³/mol. The number of thioether (sulfide) groups is 1. The van der Waals surface area contributed by atoms with Gasteiger partial charge in [-0.3, -0.25) is 10.1 Å². The summed E-state index contributed by atoms with van der Waals surface area (Å²) < 4.78 is 0.695. The molecular weight excluding hydrogens is 320 g/mol. The Balaban J connectivity index is 1.68. The fourth-order valence-electron chi connectivity index (χ4n) is 1.91. The van der Waals surface area contributed by atoms with Gasteiger partial charge in [0.15, 0.2) is 0 Å². The van der Waals surface area contributed by atoms with Crippen molar-refractivity contribution in [2.75, 3.05) is 37.2 Å².